The summed E-state index contributed by atoms with van der Waals surface area (Å²) in [6.45, 7) is 4.09. The van der Waals surface area contributed by atoms with E-state index in [2.05, 4.69) is 0 Å². The minimum absolute atomic E-state index is 0.0293. The minimum Gasteiger partial charge on any atom is -0.278 e. The molecule has 1 aromatic rings. The quantitative estimate of drug-likeness (QED) is 0.619. The normalized spacial score (nSPS) is 19.0. The number of likely N-dealkylation sites (tertiary alicyclic amines) is 1. The number of rotatable bonds is 2. The van der Waals surface area contributed by atoms with Crippen molar-refractivity contribution in [2.24, 2.45) is 11.8 Å². The summed E-state index contributed by atoms with van der Waals surface area (Å²) in [4.78, 5) is 24.8. The molecule has 0 saturated carbocycles. The van der Waals surface area contributed by atoms with Gasteiger partial charge in [0.2, 0.25) is 5.91 Å². The standard InChI is InChI=1S/C14H14F3NO2/c1-7(2)9-5-12(19)18(6-9)14(20)8-3-10(15)13(17)11(16)4-8/h3-4,7,9H,5-6H2,1-2H3. The molecule has 6 heteroatoms. The van der Waals surface area contributed by atoms with Gasteiger partial charge in [-0.15, -0.1) is 0 Å². The van der Waals surface area contributed by atoms with E-state index >= 15 is 0 Å². The van der Waals surface area contributed by atoms with Crippen molar-refractivity contribution in [1.29, 1.82) is 0 Å². The lowest BCUT2D eigenvalue weighted by Crippen LogP contribution is -2.33. The molecule has 1 aromatic carbocycles. The van der Waals surface area contributed by atoms with E-state index in [0.717, 1.165) is 4.90 Å². The Morgan fingerprint density at radius 1 is 1.25 bits per heavy atom. The summed E-state index contributed by atoms with van der Waals surface area (Å²) in [5.74, 6) is -5.44. The maximum atomic E-state index is 13.1. The molecule has 1 fully saturated rings. The van der Waals surface area contributed by atoms with Crippen molar-refractivity contribution in [1.82, 2.24) is 4.90 Å². The van der Waals surface area contributed by atoms with Gasteiger partial charge in [-0.1, -0.05) is 13.8 Å². The predicted molar refractivity (Wildman–Crippen MR) is 65.3 cm³/mol. The van der Waals surface area contributed by atoms with Gasteiger partial charge in [0, 0.05) is 18.5 Å². The van der Waals surface area contributed by atoms with E-state index < -0.39 is 23.4 Å². The van der Waals surface area contributed by atoms with Gasteiger partial charge in [-0.05, 0) is 24.0 Å². The first-order valence-electron chi connectivity index (χ1n) is 6.30. The van der Waals surface area contributed by atoms with Crippen LogP contribution in [0.4, 0.5) is 13.2 Å². The summed E-state index contributed by atoms with van der Waals surface area (Å²) in [5.41, 5.74) is -0.362. The molecule has 1 atom stereocenters. The minimum atomic E-state index is -1.63. The lowest BCUT2D eigenvalue weighted by atomic mass is 9.95. The van der Waals surface area contributed by atoms with Crippen LogP contribution in [0.15, 0.2) is 12.1 Å². The van der Waals surface area contributed by atoms with Gasteiger partial charge in [0.1, 0.15) is 0 Å². The third-order valence-electron chi connectivity index (χ3n) is 3.57. The average Bonchev–Trinajstić information content (AvgIpc) is 2.76. The Balaban J connectivity index is 2.26. The van der Waals surface area contributed by atoms with E-state index in [1.807, 2.05) is 13.8 Å². The van der Waals surface area contributed by atoms with E-state index in [9.17, 15) is 22.8 Å². The van der Waals surface area contributed by atoms with Crippen molar-refractivity contribution >= 4 is 11.8 Å². The van der Waals surface area contributed by atoms with Crippen LogP contribution in [0.1, 0.15) is 30.6 Å². The van der Waals surface area contributed by atoms with Crippen molar-refractivity contribution in [3.63, 3.8) is 0 Å². The molecule has 1 aliphatic rings. The molecule has 0 spiro atoms. The second-order valence-corrected chi connectivity index (χ2v) is 5.27. The summed E-state index contributed by atoms with van der Waals surface area (Å²) in [5, 5.41) is 0. The summed E-state index contributed by atoms with van der Waals surface area (Å²) in [6, 6.07) is 1.22. The van der Waals surface area contributed by atoms with Crippen molar-refractivity contribution in [3.05, 3.63) is 35.1 Å². The topological polar surface area (TPSA) is 37.4 Å². The number of hydrogen-bond acceptors (Lipinski definition) is 2. The van der Waals surface area contributed by atoms with Gasteiger partial charge in [0.25, 0.3) is 5.91 Å². The zero-order valence-electron chi connectivity index (χ0n) is 11.1. The first-order valence-corrected chi connectivity index (χ1v) is 6.30. The van der Waals surface area contributed by atoms with Crippen LogP contribution in [0, 0.1) is 29.3 Å². The highest BCUT2D eigenvalue weighted by molar-refractivity contribution is 6.05. The van der Waals surface area contributed by atoms with Crippen molar-refractivity contribution < 1.29 is 22.8 Å². The molecule has 1 aliphatic heterocycles. The lowest BCUT2D eigenvalue weighted by Gasteiger charge is -2.16. The average molecular weight is 285 g/mol. The molecular formula is C14H14F3NO2. The third kappa shape index (κ3) is 2.55. The van der Waals surface area contributed by atoms with Gasteiger partial charge < -0.3 is 0 Å². The number of halogens is 3. The number of carbonyl (C=O) groups excluding carboxylic acids is 2. The fourth-order valence-corrected chi connectivity index (χ4v) is 2.21. The molecule has 2 amide bonds. The van der Waals surface area contributed by atoms with Crippen molar-refractivity contribution in [3.8, 4) is 0 Å². The number of benzene rings is 1. The van der Waals surface area contributed by atoms with Crippen molar-refractivity contribution in [2.45, 2.75) is 20.3 Å². The highest BCUT2D eigenvalue weighted by Crippen LogP contribution is 2.26. The highest BCUT2D eigenvalue weighted by Gasteiger charge is 2.36. The van der Waals surface area contributed by atoms with Crippen molar-refractivity contribution in [2.75, 3.05) is 6.54 Å². The zero-order valence-corrected chi connectivity index (χ0v) is 11.1. The summed E-state index contributed by atoms with van der Waals surface area (Å²) in [6.07, 6.45) is 0.232. The van der Waals surface area contributed by atoms with Crippen LogP contribution in [-0.4, -0.2) is 23.3 Å². The SMILES string of the molecule is CC(C)C1CC(=O)N(C(=O)c2cc(F)c(F)c(F)c2)C1. The molecule has 0 N–H and O–H groups in total. The molecule has 0 radical (unpaired) electrons. The van der Waals surface area contributed by atoms with Crippen LogP contribution < -0.4 is 0 Å². The van der Waals surface area contributed by atoms with Gasteiger partial charge in [-0.2, -0.15) is 0 Å². The Kier molecular flexibility index (Phi) is 3.83. The van der Waals surface area contributed by atoms with E-state index in [4.69, 9.17) is 0 Å². The van der Waals surface area contributed by atoms with Crippen LogP contribution in [0.5, 0.6) is 0 Å². The molecule has 108 valence electrons. The van der Waals surface area contributed by atoms with Crippen LogP contribution in [-0.2, 0) is 4.79 Å². The molecule has 20 heavy (non-hydrogen) atoms. The molecule has 1 unspecified atom stereocenters. The van der Waals surface area contributed by atoms with Crippen LogP contribution in [0.3, 0.4) is 0 Å². The first kappa shape index (κ1) is 14.6. The van der Waals surface area contributed by atoms with Crippen LogP contribution >= 0.6 is 0 Å². The maximum Gasteiger partial charge on any atom is 0.260 e. The van der Waals surface area contributed by atoms with E-state index in [1.54, 1.807) is 0 Å². The number of nitrogens with zero attached hydrogens (tertiary/aromatic N) is 1. The van der Waals surface area contributed by atoms with Crippen LogP contribution in [0.2, 0.25) is 0 Å². The maximum absolute atomic E-state index is 13.1. The Labute approximate surface area is 114 Å². The monoisotopic (exact) mass is 285 g/mol. The van der Waals surface area contributed by atoms with Gasteiger partial charge in [-0.3, -0.25) is 14.5 Å². The predicted octanol–water partition coefficient (Wildman–Crippen LogP) is 2.75. The number of amides is 2. The fourth-order valence-electron chi connectivity index (χ4n) is 2.21. The van der Waals surface area contributed by atoms with E-state index in [1.165, 1.54) is 0 Å². The third-order valence-corrected chi connectivity index (χ3v) is 3.57. The Morgan fingerprint density at radius 3 is 2.25 bits per heavy atom. The largest absolute Gasteiger partial charge is 0.278 e. The number of carbonyl (C=O) groups is 2. The molecule has 0 aliphatic carbocycles. The van der Waals surface area contributed by atoms with Gasteiger partial charge >= 0.3 is 0 Å². The van der Waals surface area contributed by atoms with Gasteiger partial charge in [0.15, 0.2) is 17.5 Å². The highest BCUT2D eigenvalue weighted by atomic mass is 19.2. The first-order chi connectivity index (χ1) is 9.31. The van der Waals surface area contributed by atoms with Gasteiger partial charge in [0.05, 0.1) is 0 Å². The molecule has 2 rings (SSSR count). The Bertz CT molecular complexity index is 549. The molecule has 0 bridgehead atoms. The zero-order chi connectivity index (χ0) is 15.0. The van der Waals surface area contributed by atoms with E-state index in [-0.39, 0.29) is 36.3 Å². The Hall–Kier alpha value is -1.85. The smallest absolute Gasteiger partial charge is 0.260 e. The molecule has 1 heterocycles. The fraction of sp³-hybridized carbons (Fsp3) is 0.429. The number of hydrogen-bond donors (Lipinski definition) is 0. The molecular weight excluding hydrogens is 271 g/mol. The van der Waals surface area contributed by atoms with Crippen LogP contribution in [0.25, 0.3) is 0 Å². The summed E-state index contributed by atoms with van der Waals surface area (Å²) in [7, 11) is 0. The summed E-state index contributed by atoms with van der Waals surface area (Å²) < 4.78 is 39.1. The molecule has 3 nitrogen and oxygen atoms in total. The second kappa shape index (κ2) is 5.26. The Morgan fingerprint density at radius 2 is 1.80 bits per heavy atom. The molecule has 1 saturated heterocycles. The summed E-state index contributed by atoms with van der Waals surface area (Å²) >= 11 is 0. The molecule has 0 aromatic heterocycles. The number of imide groups is 1. The van der Waals surface area contributed by atoms with Gasteiger partial charge in [-0.25, -0.2) is 13.2 Å². The van der Waals surface area contributed by atoms with E-state index in [0.29, 0.717) is 12.1 Å². The second-order valence-electron chi connectivity index (χ2n) is 5.27. The lowest BCUT2D eigenvalue weighted by molar-refractivity contribution is -0.125.